The molecule has 1 fully saturated rings. The van der Waals surface area contributed by atoms with E-state index in [1.54, 1.807) is 6.26 Å². The lowest BCUT2D eigenvalue weighted by atomic mass is 10.2. The van der Waals surface area contributed by atoms with E-state index in [0.29, 0.717) is 18.9 Å². The van der Waals surface area contributed by atoms with E-state index in [0.717, 1.165) is 25.4 Å². The Labute approximate surface area is 150 Å². The fourth-order valence-electron chi connectivity index (χ4n) is 3.13. The molecule has 2 atom stereocenters. The van der Waals surface area contributed by atoms with Crippen molar-refractivity contribution in [3.63, 3.8) is 0 Å². The monoisotopic (exact) mass is 370 g/mol. The van der Waals surface area contributed by atoms with Crippen LogP contribution >= 0.6 is 0 Å². The van der Waals surface area contributed by atoms with Gasteiger partial charge in [-0.15, -0.1) is 0 Å². The molecule has 1 aromatic heterocycles. The summed E-state index contributed by atoms with van der Waals surface area (Å²) >= 11 is 0. The minimum atomic E-state index is -2.91. The number of nitrogens with zero attached hydrogens (tertiary/aromatic N) is 2. The van der Waals surface area contributed by atoms with Crippen molar-refractivity contribution in [2.45, 2.75) is 39.3 Å². The summed E-state index contributed by atoms with van der Waals surface area (Å²) in [7, 11) is -2.91. The lowest BCUT2D eigenvalue weighted by molar-refractivity contribution is 0.198. The maximum Gasteiger partial charge on any atom is 0.191 e. The van der Waals surface area contributed by atoms with Crippen molar-refractivity contribution in [3.8, 4) is 0 Å². The zero-order valence-electron chi connectivity index (χ0n) is 15.4. The van der Waals surface area contributed by atoms with Crippen LogP contribution < -0.4 is 10.6 Å². The molecule has 0 aromatic carbocycles. The number of nitrogens with one attached hydrogen (secondary N) is 2. The summed E-state index contributed by atoms with van der Waals surface area (Å²) in [5.41, 5.74) is 0. The van der Waals surface area contributed by atoms with Gasteiger partial charge in [-0.25, -0.2) is 8.42 Å². The van der Waals surface area contributed by atoms with Gasteiger partial charge in [-0.2, -0.15) is 0 Å². The predicted octanol–water partition coefficient (Wildman–Crippen LogP) is 1.40. The smallest absolute Gasteiger partial charge is 0.191 e. The molecule has 2 rings (SSSR count). The van der Waals surface area contributed by atoms with Crippen molar-refractivity contribution in [1.82, 2.24) is 15.5 Å². The number of aliphatic imine (C=N–C) groups is 1. The minimum Gasteiger partial charge on any atom is -0.468 e. The van der Waals surface area contributed by atoms with Crippen LogP contribution in [-0.4, -0.2) is 63.0 Å². The molecule has 1 aromatic rings. The molecule has 0 spiro atoms. The van der Waals surface area contributed by atoms with Crippen molar-refractivity contribution in [2.24, 2.45) is 4.99 Å². The Morgan fingerprint density at radius 1 is 1.40 bits per heavy atom. The summed E-state index contributed by atoms with van der Waals surface area (Å²) < 4.78 is 28.9. The molecule has 7 nitrogen and oxygen atoms in total. The van der Waals surface area contributed by atoms with Gasteiger partial charge in [-0.05, 0) is 38.6 Å². The molecule has 25 heavy (non-hydrogen) atoms. The Kier molecular flexibility index (Phi) is 7.31. The molecule has 0 saturated carbocycles. The highest BCUT2D eigenvalue weighted by molar-refractivity contribution is 7.91. The van der Waals surface area contributed by atoms with Gasteiger partial charge < -0.3 is 15.1 Å². The number of hydrogen-bond donors (Lipinski definition) is 2. The topological polar surface area (TPSA) is 86.9 Å². The third-order valence-electron chi connectivity index (χ3n) is 4.46. The SMILES string of the molecule is CCNC(=NCC(c1ccco1)N(CC)CC)NC1CCS(=O)(=O)C1. The molecular weight excluding hydrogens is 340 g/mol. The lowest BCUT2D eigenvalue weighted by Gasteiger charge is -2.27. The van der Waals surface area contributed by atoms with Crippen molar-refractivity contribution in [3.05, 3.63) is 24.2 Å². The van der Waals surface area contributed by atoms with Crippen LogP contribution in [0, 0.1) is 0 Å². The van der Waals surface area contributed by atoms with Crippen molar-refractivity contribution >= 4 is 15.8 Å². The number of sulfone groups is 1. The number of hydrogen-bond acceptors (Lipinski definition) is 5. The summed E-state index contributed by atoms with van der Waals surface area (Å²) in [5, 5.41) is 6.47. The Morgan fingerprint density at radius 3 is 2.68 bits per heavy atom. The van der Waals surface area contributed by atoms with Gasteiger partial charge >= 0.3 is 0 Å². The van der Waals surface area contributed by atoms with E-state index in [4.69, 9.17) is 9.41 Å². The predicted molar refractivity (Wildman–Crippen MR) is 101 cm³/mol. The molecule has 2 N–H and O–H groups in total. The van der Waals surface area contributed by atoms with Crippen molar-refractivity contribution < 1.29 is 12.8 Å². The van der Waals surface area contributed by atoms with Crippen LogP contribution in [0.15, 0.2) is 27.8 Å². The first kappa shape index (κ1) is 19.8. The van der Waals surface area contributed by atoms with Crippen LogP contribution in [0.2, 0.25) is 0 Å². The van der Waals surface area contributed by atoms with E-state index in [2.05, 4.69) is 29.4 Å². The average Bonchev–Trinajstić information content (AvgIpc) is 3.21. The normalized spacial score (nSPS) is 21.4. The van der Waals surface area contributed by atoms with E-state index in [1.165, 1.54) is 0 Å². The summed E-state index contributed by atoms with van der Waals surface area (Å²) in [4.78, 5) is 6.99. The quantitative estimate of drug-likeness (QED) is 0.531. The highest BCUT2D eigenvalue weighted by atomic mass is 32.2. The van der Waals surface area contributed by atoms with E-state index in [1.807, 2.05) is 19.1 Å². The molecule has 0 amide bonds. The van der Waals surface area contributed by atoms with E-state index in [9.17, 15) is 8.42 Å². The molecule has 1 aliphatic heterocycles. The first-order chi connectivity index (χ1) is 12.0. The molecule has 2 unspecified atom stereocenters. The Balaban J connectivity index is 2.08. The van der Waals surface area contributed by atoms with Crippen LogP contribution in [0.3, 0.4) is 0 Å². The van der Waals surface area contributed by atoms with Gasteiger partial charge in [0.05, 0.1) is 30.4 Å². The molecule has 8 heteroatoms. The van der Waals surface area contributed by atoms with Crippen LogP contribution in [0.4, 0.5) is 0 Å². The fourth-order valence-corrected chi connectivity index (χ4v) is 4.80. The molecule has 2 heterocycles. The molecule has 142 valence electrons. The summed E-state index contributed by atoms with van der Waals surface area (Å²) in [6.07, 6.45) is 2.31. The molecule has 0 radical (unpaired) electrons. The third-order valence-corrected chi connectivity index (χ3v) is 6.23. The van der Waals surface area contributed by atoms with E-state index >= 15 is 0 Å². The average molecular weight is 371 g/mol. The summed E-state index contributed by atoms with van der Waals surface area (Å²) in [5.74, 6) is 1.98. The summed E-state index contributed by atoms with van der Waals surface area (Å²) in [6, 6.07) is 3.86. The molecule has 0 aliphatic carbocycles. The van der Waals surface area contributed by atoms with Crippen LogP contribution in [-0.2, 0) is 9.84 Å². The number of furan rings is 1. The Hall–Kier alpha value is -1.54. The minimum absolute atomic E-state index is 0.0627. The summed E-state index contributed by atoms with van der Waals surface area (Å²) in [6.45, 7) is 9.32. The van der Waals surface area contributed by atoms with E-state index in [-0.39, 0.29) is 23.6 Å². The van der Waals surface area contributed by atoms with Crippen LogP contribution in [0.1, 0.15) is 39.0 Å². The van der Waals surface area contributed by atoms with Gasteiger partial charge in [0.15, 0.2) is 15.8 Å². The highest BCUT2D eigenvalue weighted by Gasteiger charge is 2.28. The standard InChI is InChI=1S/C17H30N4O3S/c1-4-18-17(20-14-9-11-25(22,23)13-14)19-12-15(21(5-2)6-3)16-8-7-10-24-16/h7-8,10,14-15H,4-6,9,11-13H2,1-3H3,(H2,18,19,20). The fraction of sp³-hybridized carbons (Fsp3) is 0.706. The largest absolute Gasteiger partial charge is 0.468 e. The highest BCUT2D eigenvalue weighted by Crippen LogP contribution is 2.21. The zero-order chi connectivity index (χ0) is 18.3. The number of likely N-dealkylation sites (N-methyl/N-ethyl adjacent to an activating group) is 1. The Morgan fingerprint density at radius 2 is 2.16 bits per heavy atom. The van der Waals surface area contributed by atoms with Crippen molar-refractivity contribution in [1.29, 1.82) is 0 Å². The zero-order valence-corrected chi connectivity index (χ0v) is 16.2. The first-order valence-corrected chi connectivity index (χ1v) is 10.8. The second kappa shape index (κ2) is 9.24. The van der Waals surface area contributed by atoms with Crippen LogP contribution in [0.25, 0.3) is 0 Å². The maximum absolute atomic E-state index is 11.6. The lowest BCUT2D eigenvalue weighted by Crippen LogP contribution is -2.44. The van der Waals surface area contributed by atoms with Gasteiger partial charge in [-0.3, -0.25) is 9.89 Å². The van der Waals surface area contributed by atoms with Gasteiger partial charge in [-0.1, -0.05) is 13.8 Å². The Bertz CT molecular complexity index is 639. The first-order valence-electron chi connectivity index (χ1n) is 9.01. The van der Waals surface area contributed by atoms with E-state index < -0.39 is 9.84 Å². The van der Waals surface area contributed by atoms with Gasteiger partial charge in [0, 0.05) is 12.6 Å². The van der Waals surface area contributed by atoms with Crippen molar-refractivity contribution in [2.75, 3.05) is 37.7 Å². The number of guanidine groups is 1. The second-order valence-electron chi connectivity index (χ2n) is 6.22. The van der Waals surface area contributed by atoms with Gasteiger partial charge in [0.1, 0.15) is 5.76 Å². The number of rotatable bonds is 8. The van der Waals surface area contributed by atoms with Crippen LogP contribution in [0.5, 0.6) is 0 Å². The molecule has 1 saturated heterocycles. The third kappa shape index (κ3) is 5.74. The van der Waals surface area contributed by atoms with Gasteiger partial charge in [0.25, 0.3) is 0 Å². The molecule has 1 aliphatic rings. The van der Waals surface area contributed by atoms with Gasteiger partial charge in [0.2, 0.25) is 0 Å². The molecular formula is C17H30N4O3S. The second-order valence-corrected chi connectivity index (χ2v) is 8.45. The maximum atomic E-state index is 11.6. The molecule has 0 bridgehead atoms.